The van der Waals surface area contributed by atoms with Gasteiger partial charge in [0.15, 0.2) is 5.65 Å². The number of hydrogen-bond acceptors (Lipinski definition) is 4. The van der Waals surface area contributed by atoms with E-state index in [2.05, 4.69) is 51.0 Å². The van der Waals surface area contributed by atoms with Gasteiger partial charge in [-0.1, -0.05) is 25.1 Å². The zero-order valence-electron chi connectivity index (χ0n) is 19.1. The van der Waals surface area contributed by atoms with E-state index in [1.54, 1.807) is 23.2 Å². The van der Waals surface area contributed by atoms with Gasteiger partial charge in [0.1, 0.15) is 17.2 Å². The summed E-state index contributed by atoms with van der Waals surface area (Å²) in [6.45, 7) is 5.43. The number of aryl methyl sites for hydroxylation is 1. The van der Waals surface area contributed by atoms with E-state index in [0.29, 0.717) is 25.3 Å². The van der Waals surface area contributed by atoms with Crippen LogP contribution in [0, 0.1) is 5.82 Å². The number of amides is 2. The molecule has 0 bridgehead atoms. The van der Waals surface area contributed by atoms with Crippen LogP contribution in [0.15, 0.2) is 66.9 Å². The molecule has 5 rings (SSSR count). The Labute approximate surface area is 197 Å². The molecule has 1 fully saturated rings. The fourth-order valence-electron chi connectivity index (χ4n) is 4.30. The van der Waals surface area contributed by atoms with Crippen molar-refractivity contribution in [3.63, 3.8) is 0 Å². The molecular weight excluding hydrogens is 431 g/mol. The Hall–Kier alpha value is -3.78. The van der Waals surface area contributed by atoms with E-state index in [1.807, 2.05) is 12.1 Å². The van der Waals surface area contributed by atoms with E-state index in [-0.39, 0.29) is 11.8 Å². The van der Waals surface area contributed by atoms with Gasteiger partial charge >= 0.3 is 6.03 Å². The van der Waals surface area contributed by atoms with Crippen molar-refractivity contribution >= 4 is 22.9 Å². The second-order valence-corrected chi connectivity index (χ2v) is 8.43. The van der Waals surface area contributed by atoms with Crippen LogP contribution < -0.4 is 5.32 Å². The SMILES string of the molecule is CCc1ccc(-n2c(CN3CCN(C(=O)Nc4cccc(F)c4)CC3)nc3cccnc32)cc1. The Morgan fingerprint density at radius 2 is 1.82 bits per heavy atom. The highest BCUT2D eigenvalue weighted by atomic mass is 19.1. The van der Waals surface area contributed by atoms with Crippen molar-refractivity contribution in [3.05, 3.63) is 84.1 Å². The molecule has 0 saturated carbocycles. The number of nitrogens with one attached hydrogen (secondary N) is 1. The first-order valence-corrected chi connectivity index (χ1v) is 11.6. The number of halogens is 1. The molecule has 174 valence electrons. The molecule has 2 aromatic carbocycles. The van der Waals surface area contributed by atoms with Crippen LogP contribution in [0.5, 0.6) is 0 Å². The van der Waals surface area contributed by atoms with Gasteiger partial charge in [-0.2, -0.15) is 0 Å². The number of anilines is 1. The van der Waals surface area contributed by atoms with Crippen molar-refractivity contribution in [1.82, 2.24) is 24.3 Å². The first kappa shape index (κ1) is 22.0. The molecule has 4 aromatic rings. The number of nitrogens with zero attached hydrogens (tertiary/aromatic N) is 5. The summed E-state index contributed by atoms with van der Waals surface area (Å²) in [5, 5.41) is 2.78. The number of urea groups is 1. The highest BCUT2D eigenvalue weighted by molar-refractivity contribution is 5.89. The van der Waals surface area contributed by atoms with Gasteiger partial charge in [0.2, 0.25) is 0 Å². The Bertz CT molecular complexity index is 1290. The Morgan fingerprint density at radius 1 is 1.03 bits per heavy atom. The molecular formula is C26H27FN6O. The molecule has 2 amide bonds. The van der Waals surface area contributed by atoms with Crippen molar-refractivity contribution in [2.75, 3.05) is 31.5 Å². The number of carbonyl (C=O) groups is 1. The van der Waals surface area contributed by atoms with Gasteiger partial charge in [-0.05, 0) is 54.4 Å². The number of pyridine rings is 1. The third kappa shape index (κ3) is 4.63. The second-order valence-electron chi connectivity index (χ2n) is 8.43. The lowest BCUT2D eigenvalue weighted by atomic mass is 10.1. The third-order valence-electron chi connectivity index (χ3n) is 6.19. The first-order valence-electron chi connectivity index (χ1n) is 11.6. The van der Waals surface area contributed by atoms with E-state index < -0.39 is 0 Å². The lowest BCUT2D eigenvalue weighted by Crippen LogP contribution is -2.49. The van der Waals surface area contributed by atoms with E-state index in [1.165, 1.54) is 17.7 Å². The monoisotopic (exact) mass is 458 g/mol. The van der Waals surface area contributed by atoms with Gasteiger partial charge in [0.05, 0.1) is 6.54 Å². The Kier molecular flexibility index (Phi) is 6.22. The molecule has 0 unspecified atom stereocenters. The molecule has 1 aliphatic heterocycles. The van der Waals surface area contributed by atoms with Gasteiger partial charge in [0, 0.05) is 43.8 Å². The molecule has 0 atom stereocenters. The van der Waals surface area contributed by atoms with Crippen LogP contribution >= 0.6 is 0 Å². The fourth-order valence-corrected chi connectivity index (χ4v) is 4.30. The van der Waals surface area contributed by atoms with Gasteiger partial charge in [-0.25, -0.2) is 19.2 Å². The van der Waals surface area contributed by atoms with Crippen molar-refractivity contribution in [2.45, 2.75) is 19.9 Å². The summed E-state index contributed by atoms with van der Waals surface area (Å²) in [7, 11) is 0. The number of piperazine rings is 1. The van der Waals surface area contributed by atoms with E-state index in [9.17, 15) is 9.18 Å². The van der Waals surface area contributed by atoms with Gasteiger partial charge in [-0.3, -0.25) is 9.47 Å². The average molecular weight is 459 g/mol. The molecule has 1 aliphatic rings. The fraction of sp³-hybridized carbons (Fsp3) is 0.269. The number of benzene rings is 2. The Morgan fingerprint density at radius 3 is 2.56 bits per heavy atom. The topological polar surface area (TPSA) is 66.3 Å². The zero-order valence-corrected chi connectivity index (χ0v) is 19.1. The van der Waals surface area contributed by atoms with Crippen LogP contribution in [0.2, 0.25) is 0 Å². The molecule has 7 nitrogen and oxygen atoms in total. The van der Waals surface area contributed by atoms with Crippen LogP contribution in [0.1, 0.15) is 18.3 Å². The summed E-state index contributed by atoms with van der Waals surface area (Å²) in [5.74, 6) is 0.556. The number of fused-ring (bicyclic) bond motifs is 1. The molecule has 2 aromatic heterocycles. The van der Waals surface area contributed by atoms with Crippen LogP contribution in [0.4, 0.5) is 14.9 Å². The predicted octanol–water partition coefficient (Wildman–Crippen LogP) is 4.47. The van der Waals surface area contributed by atoms with Crippen molar-refractivity contribution in [1.29, 1.82) is 0 Å². The van der Waals surface area contributed by atoms with E-state index in [4.69, 9.17) is 4.98 Å². The zero-order chi connectivity index (χ0) is 23.5. The summed E-state index contributed by atoms with van der Waals surface area (Å²) < 4.78 is 15.5. The quantitative estimate of drug-likeness (QED) is 0.479. The minimum absolute atomic E-state index is 0.210. The highest BCUT2D eigenvalue weighted by Crippen LogP contribution is 2.22. The smallest absolute Gasteiger partial charge is 0.321 e. The first-order chi connectivity index (χ1) is 16.6. The summed E-state index contributed by atoms with van der Waals surface area (Å²) in [6, 6.07) is 18.1. The number of aromatic nitrogens is 3. The van der Waals surface area contributed by atoms with Crippen LogP contribution in [0.25, 0.3) is 16.9 Å². The normalized spacial score (nSPS) is 14.5. The molecule has 1 N–H and O–H groups in total. The minimum Gasteiger partial charge on any atom is -0.322 e. The molecule has 34 heavy (non-hydrogen) atoms. The Balaban J connectivity index is 1.29. The van der Waals surface area contributed by atoms with E-state index >= 15 is 0 Å². The minimum atomic E-state index is -0.371. The van der Waals surface area contributed by atoms with Crippen LogP contribution in [0.3, 0.4) is 0 Å². The number of hydrogen-bond donors (Lipinski definition) is 1. The van der Waals surface area contributed by atoms with Crippen LogP contribution in [-0.2, 0) is 13.0 Å². The summed E-state index contributed by atoms with van der Waals surface area (Å²) in [5.41, 5.74) is 4.50. The maximum atomic E-state index is 13.4. The molecule has 0 radical (unpaired) electrons. The van der Waals surface area contributed by atoms with Crippen molar-refractivity contribution in [3.8, 4) is 5.69 Å². The van der Waals surface area contributed by atoms with Crippen LogP contribution in [-0.4, -0.2) is 56.5 Å². The number of carbonyl (C=O) groups excluding carboxylic acids is 1. The maximum absolute atomic E-state index is 13.4. The standard InChI is InChI=1S/C26H27FN6O/c1-2-19-8-10-22(11-9-19)33-24(30-23-7-4-12-28-25(23)33)18-31-13-15-32(16-14-31)26(34)29-21-6-3-5-20(27)17-21/h3-12,17H,2,13-16,18H2,1H3,(H,29,34). The summed E-state index contributed by atoms with van der Waals surface area (Å²) in [4.78, 5) is 26.1. The van der Waals surface area contributed by atoms with Crippen molar-refractivity contribution < 1.29 is 9.18 Å². The molecule has 0 aliphatic carbocycles. The highest BCUT2D eigenvalue weighted by Gasteiger charge is 2.23. The van der Waals surface area contributed by atoms with Crippen molar-refractivity contribution in [2.24, 2.45) is 0 Å². The third-order valence-corrected chi connectivity index (χ3v) is 6.19. The number of imidazole rings is 1. The summed E-state index contributed by atoms with van der Waals surface area (Å²) in [6.07, 6.45) is 2.79. The van der Waals surface area contributed by atoms with Gasteiger partial charge in [0.25, 0.3) is 0 Å². The molecule has 0 spiro atoms. The number of rotatable bonds is 5. The van der Waals surface area contributed by atoms with Gasteiger partial charge in [-0.15, -0.1) is 0 Å². The lowest BCUT2D eigenvalue weighted by Gasteiger charge is -2.34. The predicted molar refractivity (Wildman–Crippen MR) is 131 cm³/mol. The average Bonchev–Trinajstić information content (AvgIpc) is 3.22. The van der Waals surface area contributed by atoms with Gasteiger partial charge < -0.3 is 10.2 Å². The summed E-state index contributed by atoms with van der Waals surface area (Å²) >= 11 is 0. The lowest BCUT2D eigenvalue weighted by molar-refractivity contribution is 0.140. The molecule has 8 heteroatoms. The molecule has 3 heterocycles. The second kappa shape index (κ2) is 9.61. The van der Waals surface area contributed by atoms with E-state index in [0.717, 1.165) is 42.2 Å². The maximum Gasteiger partial charge on any atom is 0.321 e. The molecule has 1 saturated heterocycles. The largest absolute Gasteiger partial charge is 0.322 e.